The Morgan fingerprint density at radius 1 is 1.06 bits per heavy atom. The highest BCUT2D eigenvalue weighted by molar-refractivity contribution is 5.65. The first-order chi connectivity index (χ1) is 8.25. The fourth-order valence-electron chi connectivity index (χ4n) is 2.22. The topological polar surface area (TPSA) is 0 Å². The van der Waals surface area contributed by atoms with E-state index in [1.807, 2.05) is 36.4 Å². The molecule has 0 amide bonds. The molecule has 1 unspecified atom stereocenters. The molecule has 0 aliphatic heterocycles. The summed E-state index contributed by atoms with van der Waals surface area (Å²) in [6, 6.07) is 12.2. The fourth-order valence-corrected chi connectivity index (χ4v) is 2.22. The standard InChI is InChI=1S/C15H9F2/c16-11-6-8-15(17)14(9-11)13-7-5-10-3-1-2-4-12(10)13/h1-5,7-9,13H. The second-order valence-electron chi connectivity index (χ2n) is 4.05. The van der Waals surface area contributed by atoms with Crippen molar-refractivity contribution in [2.24, 2.45) is 0 Å². The second-order valence-corrected chi connectivity index (χ2v) is 4.05. The molecule has 17 heavy (non-hydrogen) atoms. The third-order valence-electron chi connectivity index (χ3n) is 3.03. The van der Waals surface area contributed by atoms with Crippen LogP contribution in [0.25, 0.3) is 6.08 Å². The first kappa shape index (κ1) is 10.2. The summed E-state index contributed by atoms with van der Waals surface area (Å²) in [5.41, 5.74) is 2.43. The van der Waals surface area contributed by atoms with Crippen molar-refractivity contribution in [3.63, 3.8) is 0 Å². The zero-order chi connectivity index (χ0) is 11.8. The highest BCUT2D eigenvalue weighted by Gasteiger charge is 2.21. The van der Waals surface area contributed by atoms with Crippen molar-refractivity contribution in [2.45, 2.75) is 5.92 Å². The van der Waals surface area contributed by atoms with Gasteiger partial charge in [0.2, 0.25) is 0 Å². The minimum absolute atomic E-state index is 0.199. The van der Waals surface area contributed by atoms with Crippen molar-refractivity contribution in [3.8, 4) is 0 Å². The molecule has 2 aromatic carbocycles. The maximum atomic E-state index is 13.7. The van der Waals surface area contributed by atoms with Gasteiger partial charge in [-0.3, -0.25) is 0 Å². The average molecular weight is 227 g/mol. The lowest BCUT2D eigenvalue weighted by Crippen LogP contribution is -2.00. The molecule has 1 aliphatic carbocycles. The third-order valence-corrected chi connectivity index (χ3v) is 3.03. The third kappa shape index (κ3) is 1.66. The highest BCUT2D eigenvalue weighted by atomic mass is 19.1. The molecule has 1 radical (unpaired) electrons. The van der Waals surface area contributed by atoms with Crippen LogP contribution in [0.15, 0.2) is 42.5 Å². The van der Waals surface area contributed by atoms with Crippen LogP contribution in [0.5, 0.6) is 0 Å². The molecule has 0 aromatic heterocycles. The van der Waals surface area contributed by atoms with Gasteiger partial charge in [0, 0.05) is 17.5 Å². The number of halogens is 2. The van der Waals surface area contributed by atoms with Crippen LogP contribution in [0.1, 0.15) is 22.6 Å². The summed E-state index contributed by atoms with van der Waals surface area (Å²) in [5, 5.41) is 0. The summed E-state index contributed by atoms with van der Waals surface area (Å²) < 4.78 is 26.8. The van der Waals surface area contributed by atoms with E-state index in [2.05, 4.69) is 6.07 Å². The Kier molecular flexibility index (Phi) is 2.29. The van der Waals surface area contributed by atoms with Crippen LogP contribution in [0.2, 0.25) is 0 Å². The lowest BCUT2D eigenvalue weighted by atomic mass is 9.93. The number of fused-ring (bicyclic) bond motifs is 1. The summed E-state index contributed by atoms with van der Waals surface area (Å²) in [6.45, 7) is 0. The van der Waals surface area contributed by atoms with Gasteiger partial charge < -0.3 is 0 Å². The van der Waals surface area contributed by atoms with Gasteiger partial charge in [0.25, 0.3) is 0 Å². The molecule has 0 N–H and O–H groups in total. The van der Waals surface area contributed by atoms with E-state index in [-0.39, 0.29) is 5.92 Å². The molecule has 0 heterocycles. The number of hydrogen-bond acceptors (Lipinski definition) is 0. The Labute approximate surface area is 98.2 Å². The second kappa shape index (κ2) is 3.81. The molecule has 0 nitrogen and oxygen atoms in total. The molecule has 0 fully saturated rings. The summed E-state index contributed by atoms with van der Waals surface area (Å²) >= 11 is 0. The lowest BCUT2D eigenvalue weighted by molar-refractivity contribution is 0.582. The van der Waals surface area contributed by atoms with E-state index in [1.165, 1.54) is 6.07 Å². The summed E-state index contributed by atoms with van der Waals surface area (Å²) in [4.78, 5) is 0. The molecule has 0 bridgehead atoms. The van der Waals surface area contributed by atoms with Gasteiger partial charge in [0.15, 0.2) is 0 Å². The van der Waals surface area contributed by atoms with Gasteiger partial charge in [0.1, 0.15) is 11.6 Å². The molecule has 0 saturated carbocycles. The molecule has 0 spiro atoms. The Bertz CT molecular complexity index is 600. The smallest absolute Gasteiger partial charge is 0.131 e. The maximum Gasteiger partial charge on any atom is 0.131 e. The van der Waals surface area contributed by atoms with Crippen LogP contribution in [0.3, 0.4) is 0 Å². The molecule has 2 heteroatoms. The number of benzene rings is 2. The summed E-state index contributed by atoms with van der Waals surface area (Å²) in [5.74, 6) is -1.15. The van der Waals surface area contributed by atoms with Crippen molar-refractivity contribution in [2.75, 3.05) is 0 Å². The van der Waals surface area contributed by atoms with Crippen molar-refractivity contribution in [3.05, 3.63) is 76.9 Å². The van der Waals surface area contributed by atoms with Crippen LogP contribution in [0.4, 0.5) is 8.78 Å². The Morgan fingerprint density at radius 2 is 1.88 bits per heavy atom. The molecule has 2 aromatic rings. The van der Waals surface area contributed by atoms with E-state index in [1.54, 1.807) is 0 Å². The Balaban J connectivity index is 2.13. The van der Waals surface area contributed by atoms with E-state index in [4.69, 9.17) is 0 Å². The molecule has 83 valence electrons. The first-order valence-electron chi connectivity index (χ1n) is 5.39. The van der Waals surface area contributed by atoms with Crippen LogP contribution in [-0.4, -0.2) is 0 Å². The SMILES string of the molecule is Fc1[c]cc(F)c(C2C=Cc3ccccc32)c1. The van der Waals surface area contributed by atoms with Crippen molar-refractivity contribution >= 4 is 6.08 Å². The maximum absolute atomic E-state index is 13.7. The summed E-state index contributed by atoms with van der Waals surface area (Å²) in [6.07, 6.45) is 3.83. The fraction of sp³-hybridized carbons (Fsp3) is 0.0667. The van der Waals surface area contributed by atoms with Gasteiger partial charge >= 0.3 is 0 Å². The monoisotopic (exact) mass is 227 g/mol. The predicted molar refractivity (Wildman–Crippen MR) is 62.5 cm³/mol. The average Bonchev–Trinajstić information content (AvgIpc) is 2.76. The van der Waals surface area contributed by atoms with E-state index in [0.717, 1.165) is 17.2 Å². The van der Waals surface area contributed by atoms with Crippen molar-refractivity contribution in [1.29, 1.82) is 0 Å². The Morgan fingerprint density at radius 3 is 2.76 bits per heavy atom. The van der Waals surface area contributed by atoms with Crippen LogP contribution in [-0.2, 0) is 0 Å². The zero-order valence-electron chi connectivity index (χ0n) is 8.95. The van der Waals surface area contributed by atoms with Crippen molar-refractivity contribution < 1.29 is 8.78 Å². The van der Waals surface area contributed by atoms with Gasteiger partial charge in [-0.1, -0.05) is 36.4 Å². The van der Waals surface area contributed by atoms with Crippen LogP contribution >= 0.6 is 0 Å². The zero-order valence-corrected chi connectivity index (χ0v) is 8.95. The molecular formula is C15H9F2. The minimum Gasteiger partial charge on any atom is -0.207 e. The van der Waals surface area contributed by atoms with Gasteiger partial charge in [-0.2, -0.15) is 0 Å². The molecule has 0 saturated heterocycles. The quantitative estimate of drug-likeness (QED) is 0.692. The molecule has 1 aliphatic rings. The van der Waals surface area contributed by atoms with Gasteiger partial charge in [-0.15, -0.1) is 0 Å². The van der Waals surface area contributed by atoms with E-state index < -0.39 is 11.6 Å². The van der Waals surface area contributed by atoms with Crippen LogP contribution in [0, 0.1) is 17.7 Å². The lowest BCUT2D eigenvalue weighted by Gasteiger charge is -2.12. The van der Waals surface area contributed by atoms with E-state index in [9.17, 15) is 8.78 Å². The first-order valence-corrected chi connectivity index (χ1v) is 5.39. The normalized spacial score (nSPS) is 17.2. The number of rotatable bonds is 1. The highest BCUT2D eigenvalue weighted by Crippen LogP contribution is 2.36. The van der Waals surface area contributed by atoms with Gasteiger partial charge in [-0.05, 0) is 23.3 Å². The van der Waals surface area contributed by atoms with Gasteiger partial charge in [-0.25, -0.2) is 8.78 Å². The van der Waals surface area contributed by atoms with E-state index in [0.29, 0.717) is 5.56 Å². The van der Waals surface area contributed by atoms with E-state index >= 15 is 0 Å². The van der Waals surface area contributed by atoms with Gasteiger partial charge in [0.05, 0.1) is 0 Å². The molecule has 3 rings (SSSR count). The molecule has 1 atom stereocenters. The Hall–Kier alpha value is -1.96. The molecular weight excluding hydrogens is 218 g/mol. The predicted octanol–water partition coefficient (Wildman–Crippen LogP) is 3.92. The minimum atomic E-state index is -0.529. The van der Waals surface area contributed by atoms with Crippen molar-refractivity contribution in [1.82, 2.24) is 0 Å². The largest absolute Gasteiger partial charge is 0.207 e. The van der Waals surface area contributed by atoms with Crippen LogP contribution < -0.4 is 0 Å². The number of hydrogen-bond donors (Lipinski definition) is 0. The summed E-state index contributed by atoms with van der Waals surface area (Å²) in [7, 11) is 0. The number of allylic oxidation sites excluding steroid dienone is 1.